The molecule has 0 saturated heterocycles. The second kappa shape index (κ2) is 5.98. The minimum absolute atomic E-state index is 0.0683. The molecule has 1 aromatic heterocycles. The fourth-order valence-electron chi connectivity index (χ4n) is 1.44. The summed E-state index contributed by atoms with van der Waals surface area (Å²) in [5.41, 5.74) is 6.59. The number of aromatic nitrogens is 2. The first-order valence-electron chi connectivity index (χ1n) is 5.45. The zero-order valence-corrected chi connectivity index (χ0v) is 10.9. The summed E-state index contributed by atoms with van der Waals surface area (Å²) >= 11 is 6.02. The third kappa shape index (κ3) is 3.01. The average molecular weight is 292 g/mol. The van der Waals surface area contributed by atoms with Crippen molar-refractivity contribution in [1.29, 1.82) is 0 Å². The molecule has 0 aliphatic carbocycles. The van der Waals surface area contributed by atoms with Crippen molar-refractivity contribution in [2.75, 3.05) is 5.32 Å². The van der Waals surface area contributed by atoms with E-state index in [0.29, 0.717) is 16.8 Å². The van der Waals surface area contributed by atoms with Crippen molar-refractivity contribution in [3.63, 3.8) is 0 Å². The fourth-order valence-corrected chi connectivity index (χ4v) is 1.67. The Bertz CT molecular complexity index is 660. The third-order valence-corrected chi connectivity index (χ3v) is 2.76. The lowest BCUT2D eigenvalue weighted by Gasteiger charge is -2.08. The first-order valence-corrected chi connectivity index (χ1v) is 5.83. The maximum absolute atomic E-state index is 11.9. The smallest absolute Gasteiger partial charge is 0.258 e. The van der Waals surface area contributed by atoms with Gasteiger partial charge in [-0.3, -0.25) is 4.79 Å². The summed E-state index contributed by atoms with van der Waals surface area (Å²) in [6, 6.07) is 4.60. The summed E-state index contributed by atoms with van der Waals surface area (Å²) in [4.78, 5) is 19.4. The molecular formula is C12H10ClN5O2. The summed E-state index contributed by atoms with van der Waals surface area (Å²) in [6.45, 7) is 0. The molecule has 0 aliphatic heterocycles. The van der Waals surface area contributed by atoms with Gasteiger partial charge >= 0.3 is 0 Å². The standard InChI is InChI=1S/C12H10ClN5O2/c13-9-3-7(11(14)18-20)1-2-10(9)17-12(19)8-4-15-6-16-5-8/h1-6,20H,(H2,14,18)(H,17,19). The largest absolute Gasteiger partial charge is 0.409 e. The number of amides is 1. The second-order valence-electron chi connectivity index (χ2n) is 3.76. The Balaban J connectivity index is 2.21. The van der Waals surface area contributed by atoms with Gasteiger partial charge in [0.1, 0.15) is 6.33 Å². The highest BCUT2D eigenvalue weighted by Gasteiger charge is 2.10. The van der Waals surface area contributed by atoms with E-state index < -0.39 is 0 Å². The number of anilines is 1. The molecule has 0 saturated carbocycles. The van der Waals surface area contributed by atoms with Gasteiger partial charge < -0.3 is 16.3 Å². The predicted octanol–water partition coefficient (Wildman–Crippen LogP) is 1.48. The van der Waals surface area contributed by atoms with Crippen LogP contribution in [0.3, 0.4) is 0 Å². The van der Waals surface area contributed by atoms with Crippen LogP contribution in [0, 0.1) is 0 Å². The Morgan fingerprint density at radius 2 is 2.00 bits per heavy atom. The van der Waals surface area contributed by atoms with Crippen LogP contribution in [-0.4, -0.2) is 26.9 Å². The van der Waals surface area contributed by atoms with Gasteiger partial charge in [-0.1, -0.05) is 16.8 Å². The van der Waals surface area contributed by atoms with Crippen LogP contribution < -0.4 is 11.1 Å². The number of nitrogens with one attached hydrogen (secondary N) is 1. The van der Waals surface area contributed by atoms with E-state index in [2.05, 4.69) is 20.4 Å². The first kappa shape index (κ1) is 13.8. The van der Waals surface area contributed by atoms with Gasteiger partial charge in [-0.15, -0.1) is 0 Å². The molecule has 0 aliphatic rings. The molecule has 0 unspecified atom stereocenters. The van der Waals surface area contributed by atoms with E-state index in [1.807, 2.05) is 0 Å². The molecule has 0 fully saturated rings. The van der Waals surface area contributed by atoms with E-state index in [1.54, 1.807) is 12.1 Å². The van der Waals surface area contributed by atoms with Crippen molar-refractivity contribution in [2.45, 2.75) is 0 Å². The van der Waals surface area contributed by atoms with Crippen LogP contribution in [0.25, 0.3) is 0 Å². The van der Waals surface area contributed by atoms with Crippen LogP contribution in [0.2, 0.25) is 5.02 Å². The number of oxime groups is 1. The van der Waals surface area contributed by atoms with Crippen LogP contribution in [0.15, 0.2) is 42.1 Å². The van der Waals surface area contributed by atoms with Crippen LogP contribution in [0.4, 0.5) is 5.69 Å². The van der Waals surface area contributed by atoms with Crippen LogP contribution >= 0.6 is 11.6 Å². The van der Waals surface area contributed by atoms with Gasteiger partial charge in [0.15, 0.2) is 5.84 Å². The third-order valence-electron chi connectivity index (χ3n) is 2.44. The normalized spacial score (nSPS) is 11.2. The second-order valence-corrected chi connectivity index (χ2v) is 4.17. The maximum Gasteiger partial charge on any atom is 0.258 e. The molecule has 20 heavy (non-hydrogen) atoms. The summed E-state index contributed by atoms with van der Waals surface area (Å²) in [5.74, 6) is -0.453. The highest BCUT2D eigenvalue weighted by molar-refractivity contribution is 6.34. The first-order chi connectivity index (χ1) is 9.61. The molecular weight excluding hydrogens is 282 g/mol. The van der Waals surface area contributed by atoms with E-state index >= 15 is 0 Å². The topological polar surface area (TPSA) is 113 Å². The van der Waals surface area contributed by atoms with Crippen molar-refractivity contribution in [2.24, 2.45) is 10.9 Å². The van der Waals surface area contributed by atoms with E-state index in [4.69, 9.17) is 22.5 Å². The summed E-state index contributed by atoms with van der Waals surface area (Å²) < 4.78 is 0. The highest BCUT2D eigenvalue weighted by atomic mass is 35.5. The number of hydrogen-bond acceptors (Lipinski definition) is 5. The van der Waals surface area contributed by atoms with Gasteiger partial charge in [0.25, 0.3) is 5.91 Å². The molecule has 0 bridgehead atoms. The zero-order valence-electron chi connectivity index (χ0n) is 10.1. The van der Waals surface area contributed by atoms with Crippen LogP contribution in [-0.2, 0) is 0 Å². The van der Waals surface area contributed by atoms with Crippen molar-refractivity contribution < 1.29 is 10.0 Å². The van der Waals surface area contributed by atoms with Gasteiger partial charge in [0, 0.05) is 18.0 Å². The van der Waals surface area contributed by atoms with E-state index in [9.17, 15) is 4.79 Å². The monoisotopic (exact) mass is 291 g/mol. The van der Waals surface area contributed by atoms with Gasteiger partial charge in [-0.05, 0) is 18.2 Å². The average Bonchev–Trinajstić information content (AvgIpc) is 2.49. The Hall–Kier alpha value is -2.67. The van der Waals surface area contributed by atoms with Crippen molar-refractivity contribution in [3.05, 3.63) is 53.1 Å². The molecule has 0 atom stereocenters. The molecule has 4 N–H and O–H groups in total. The van der Waals surface area contributed by atoms with Crippen molar-refractivity contribution in [1.82, 2.24) is 9.97 Å². The Morgan fingerprint density at radius 1 is 1.30 bits per heavy atom. The molecule has 1 aromatic carbocycles. The Kier molecular flexibility index (Phi) is 4.11. The van der Waals surface area contributed by atoms with Gasteiger partial charge in [-0.2, -0.15) is 0 Å². The molecule has 7 nitrogen and oxygen atoms in total. The number of nitrogens with two attached hydrogens (primary N) is 1. The summed E-state index contributed by atoms with van der Waals surface area (Å²) in [7, 11) is 0. The Labute approximate surface area is 119 Å². The minimum Gasteiger partial charge on any atom is -0.409 e. The number of carbonyl (C=O) groups is 1. The Morgan fingerprint density at radius 3 is 2.60 bits per heavy atom. The molecule has 0 spiro atoms. The zero-order chi connectivity index (χ0) is 14.5. The van der Waals surface area contributed by atoms with Gasteiger partial charge in [-0.25, -0.2) is 9.97 Å². The molecule has 8 heteroatoms. The van der Waals surface area contributed by atoms with Gasteiger partial charge in [0.05, 0.1) is 16.3 Å². The van der Waals surface area contributed by atoms with E-state index in [-0.39, 0.29) is 16.8 Å². The number of carbonyl (C=O) groups excluding carboxylic acids is 1. The lowest BCUT2D eigenvalue weighted by atomic mass is 10.2. The van der Waals surface area contributed by atoms with Gasteiger partial charge in [0.2, 0.25) is 0 Å². The maximum atomic E-state index is 11.9. The molecule has 1 heterocycles. The van der Waals surface area contributed by atoms with Crippen molar-refractivity contribution in [3.8, 4) is 0 Å². The molecule has 0 radical (unpaired) electrons. The van der Waals surface area contributed by atoms with Crippen molar-refractivity contribution >= 4 is 29.0 Å². The molecule has 102 valence electrons. The number of amidine groups is 1. The lowest BCUT2D eigenvalue weighted by molar-refractivity contribution is 0.102. The molecule has 1 amide bonds. The lowest BCUT2D eigenvalue weighted by Crippen LogP contribution is -2.15. The quantitative estimate of drug-likeness (QED) is 0.343. The number of rotatable bonds is 3. The van der Waals surface area contributed by atoms with E-state index in [0.717, 1.165) is 0 Å². The van der Waals surface area contributed by atoms with E-state index in [1.165, 1.54) is 24.8 Å². The molecule has 2 aromatic rings. The SMILES string of the molecule is N/C(=N/O)c1ccc(NC(=O)c2cncnc2)c(Cl)c1. The van der Waals surface area contributed by atoms with Crippen LogP contribution in [0.1, 0.15) is 15.9 Å². The number of benzene rings is 1. The minimum atomic E-state index is -0.385. The summed E-state index contributed by atoms with van der Waals surface area (Å²) in [6.07, 6.45) is 4.11. The van der Waals surface area contributed by atoms with Crippen LogP contribution in [0.5, 0.6) is 0 Å². The number of halogens is 1. The molecule has 2 rings (SSSR count). The number of nitrogens with zero attached hydrogens (tertiary/aromatic N) is 3. The summed E-state index contributed by atoms with van der Waals surface area (Å²) in [5, 5.41) is 14.3. The highest BCUT2D eigenvalue weighted by Crippen LogP contribution is 2.23. The number of hydrogen-bond donors (Lipinski definition) is 3. The predicted molar refractivity (Wildman–Crippen MR) is 73.9 cm³/mol. The fraction of sp³-hybridized carbons (Fsp3) is 0.